The molecule has 0 atom stereocenters. The van der Waals surface area contributed by atoms with Gasteiger partial charge in [-0.1, -0.05) is 18.2 Å². The number of hydrogen-bond acceptors (Lipinski definition) is 4. The van der Waals surface area contributed by atoms with Gasteiger partial charge in [0.1, 0.15) is 5.60 Å². The molecule has 2 aromatic rings. The van der Waals surface area contributed by atoms with Crippen LogP contribution in [0.1, 0.15) is 43.0 Å². The van der Waals surface area contributed by atoms with Gasteiger partial charge in [0, 0.05) is 24.9 Å². The summed E-state index contributed by atoms with van der Waals surface area (Å²) in [5.41, 5.74) is 3.66. The van der Waals surface area contributed by atoms with Crippen LogP contribution >= 0.6 is 0 Å². The number of hydrogen-bond donors (Lipinski definition) is 1. The molecule has 6 heteroatoms. The molecule has 0 unspecified atom stereocenters. The van der Waals surface area contributed by atoms with Crippen LogP contribution < -0.4 is 5.32 Å². The first-order valence-corrected chi connectivity index (χ1v) is 9.82. The average molecular weight is 403 g/mol. The minimum atomic E-state index is -0.526. The lowest BCUT2D eigenvalue weighted by molar-refractivity contribution is -0.111. The average Bonchev–Trinajstić information content (AvgIpc) is 2.70. The molecule has 0 bridgehead atoms. The minimum Gasteiger partial charge on any atom is -0.444 e. The number of rotatable bonds is 3. The molecule has 30 heavy (non-hydrogen) atoms. The lowest BCUT2D eigenvalue weighted by Crippen LogP contribution is -2.39. The number of ether oxygens (including phenoxy) is 1. The first-order chi connectivity index (χ1) is 14.2. The van der Waals surface area contributed by atoms with Gasteiger partial charge in [0.25, 0.3) is 0 Å². The number of benzene rings is 2. The van der Waals surface area contributed by atoms with Crippen molar-refractivity contribution in [2.45, 2.75) is 39.3 Å². The van der Waals surface area contributed by atoms with E-state index in [1.165, 1.54) is 11.6 Å². The molecule has 0 fully saturated rings. The number of nitrogens with zero attached hydrogens (tertiary/aromatic N) is 2. The van der Waals surface area contributed by atoms with Gasteiger partial charge in [-0.25, -0.2) is 4.79 Å². The Bertz CT molecular complexity index is 1030. The molecule has 6 nitrogen and oxygen atoms in total. The predicted molar refractivity (Wildman–Crippen MR) is 116 cm³/mol. The summed E-state index contributed by atoms with van der Waals surface area (Å²) in [6, 6.07) is 14.8. The Morgan fingerprint density at radius 3 is 2.70 bits per heavy atom. The second kappa shape index (κ2) is 8.83. The molecule has 1 aliphatic rings. The van der Waals surface area contributed by atoms with Crippen molar-refractivity contribution in [1.82, 2.24) is 4.90 Å². The molecule has 2 amide bonds. The maximum absolute atomic E-state index is 12.4. The molecule has 3 rings (SSSR count). The molecule has 0 spiro atoms. The molecule has 1 heterocycles. The Balaban J connectivity index is 1.66. The highest BCUT2D eigenvalue weighted by Gasteiger charge is 2.25. The van der Waals surface area contributed by atoms with Gasteiger partial charge in [-0.3, -0.25) is 4.79 Å². The zero-order valence-corrected chi connectivity index (χ0v) is 17.4. The van der Waals surface area contributed by atoms with Crippen LogP contribution in [-0.4, -0.2) is 29.0 Å². The van der Waals surface area contributed by atoms with E-state index in [0.29, 0.717) is 24.3 Å². The quantitative estimate of drug-likeness (QED) is 0.765. The van der Waals surface area contributed by atoms with Crippen LogP contribution in [0, 0.1) is 11.3 Å². The highest BCUT2D eigenvalue weighted by Crippen LogP contribution is 2.23. The number of amides is 2. The Morgan fingerprint density at radius 2 is 1.97 bits per heavy atom. The van der Waals surface area contributed by atoms with E-state index in [0.717, 1.165) is 17.5 Å². The van der Waals surface area contributed by atoms with Crippen LogP contribution in [-0.2, 0) is 22.5 Å². The van der Waals surface area contributed by atoms with E-state index < -0.39 is 5.60 Å². The fraction of sp³-hybridized carbons (Fsp3) is 0.292. The minimum absolute atomic E-state index is 0.279. The monoisotopic (exact) mass is 403 g/mol. The topological polar surface area (TPSA) is 82.4 Å². The third-order valence-electron chi connectivity index (χ3n) is 4.58. The summed E-state index contributed by atoms with van der Waals surface area (Å²) in [5.74, 6) is -0.279. The first kappa shape index (κ1) is 21.1. The summed E-state index contributed by atoms with van der Waals surface area (Å²) < 4.78 is 5.47. The lowest BCUT2D eigenvalue weighted by Gasteiger charge is -2.31. The van der Waals surface area contributed by atoms with Crippen LogP contribution in [0.2, 0.25) is 0 Å². The third-order valence-corrected chi connectivity index (χ3v) is 4.58. The lowest BCUT2D eigenvalue weighted by atomic mass is 9.97. The zero-order chi connectivity index (χ0) is 21.7. The standard InChI is InChI=1S/C24H25N3O3/c1-24(2,3)30-23(29)27-12-11-19-9-7-17(13-20(19)16-27)8-10-22(28)26-21-6-4-5-18(14-21)15-25/h4-10,13-14H,11-12,16H2,1-3H3,(H,26,28). The predicted octanol–water partition coefficient (Wildman–Crippen LogP) is 4.50. The summed E-state index contributed by atoms with van der Waals surface area (Å²) in [6.45, 7) is 6.67. The molecule has 1 N–H and O–H groups in total. The molecule has 0 saturated carbocycles. The van der Waals surface area contributed by atoms with E-state index in [4.69, 9.17) is 10.00 Å². The summed E-state index contributed by atoms with van der Waals surface area (Å²) in [4.78, 5) is 26.3. The van der Waals surface area contributed by atoms with Crippen molar-refractivity contribution in [2.24, 2.45) is 0 Å². The molecule has 2 aromatic carbocycles. The molecule has 154 valence electrons. The van der Waals surface area contributed by atoms with Gasteiger partial charge >= 0.3 is 6.09 Å². The van der Waals surface area contributed by atoms with E-state index in [1.54, 1.807) is 35.2 Å². The maximum atomic E-state index is 12.4. The highest BCUT2D eigenvalue weighted by molar-refractivity contribution is 6.02. The fourth-order valence-electron chi connectivity index (χ4n) is 3.19. The normalized spacial score (nSPS) is 13.5. The molecule has 1 aliphatic heterocycles. The van der Waals surface area contributed by atoms with Gasteiger partial charge in [0.2, 0.25) is 5.91 Å². The van der Waals surface area contributed by atoms with Gasteiger partial charge in [0.05, 0.1) is 11.6 Å². The molecular weight excluding hydrogens is 378 g/mol. The number of anilines is 1. The Morgan fingerprint density at radius 1 is 1.17 bits per heavy atom. The van der Waals surface area contributed by atoms with E-state index >= 15 is 0 Å². The summed E-state index contributed by atoms with van der Waals surface area (Å²) in [7, 11) is 0. The maximum Gasteiger partial charge on any atom is 0.410 e. The van der Waals surface area contributed by atoms with Crippen molar-refractivity contribution in [3.63, 3.8) is 0 Å². The number of carbonyl (C=O) groups excluding carboxylic acids is 2. The van der Waals surface area contributed by atoms with Crippen LogP contribution in [0.15, 0.2) is 48.5 Å². The van der Waals surface area contributed by atoms with Gasteiger partial charge in [-0.15, -0.1) is 0 Å². The van der Waals surface area contributed by atoms with Crippen molar-refractivity contribution >= 4 is 23.8 Å². The summed E-state index contributed by atoms with van der Waals surface area (Å²) >= 11 is 0. The highest BCUT2D eigenvalue weighted by atomic mass is 16.6. The van der Waals surface area contributed by atoms with Crippen molar-refractivity contribution in [2.75, 3.05) is 11.9 Å². The number of nitriles is 1. The van der Waals surface area contributed by atoms with Gasteiger partial charge in [0.15, 0.2) is 0 Å². The van der Waals surface area contributed by atoms with E-state index in [1.807, 2.05) is 45.0 Å². The van der Waals surface area contributed by atoms with Crippen molar-refractivity contribution in [3.8, 4) is 6.07 Å². The molecule has 0 radical (unpaired) electrons. The second-order valence-electron chi connectivity index (χ2n) is 8.20. The van der Waals surface area contributed by atoms with Gasteiger partial charge < -0.3 is 15.0 Å². The van der Waals surface area contributed by atoms with Crippen LogP contribution in [0.3, 0.4) is 0 Å². The van der Waals surface area contributed by atoms with Crippen LogP contribution in [0.5, 0.6) is 0 Å². The Labute approximate surface area is 176 Å². The van der Waals surface area contributed by atoms with Crippen molar-refractivity contribution in [3.05, 3.63) is 70.8 Å². The summed E-state index contributed by atoms with van der Waals surface area (Å²) in [5, 5.41) is 11.7. The largest absolute Gasteiger partial charge is 0.444 e. The Kier molecular flexibility index (Phi) is 6.22. The van der Waals surface area contributed by atoms with Gasteiger partial charge in [-0.2, -0.15) is 5.26 Å². The third kappa shape index (κ3) is 5.71. The van der Waals surface area contributed by atoms with Crippen LogP contribution in [0.25, 0.3) is 6.08 Å². The molecule has 0 saturated heterocycles. The van der Waals surface area contributed by atoms with E-state index in [9.17, 15) is 9.59 Å². The smallest absolute Gasteiger partial charge is 0.410 e. The molecule has 0 aromatic heterocycles. The number of nitrogens with one attached hydrogen (secondary N) is 1. The van der Waals surface area contributed by atoms with Crippen molar-refractivity contribution < 1.29 is 14.3 Å². The molecule has 0 aliphatic carbocycles. The van der Waals surface area contributed by atoms with Crippen molar-refractivity contribution in [1.29, 1.82) is 5.26 Å². The first-order valence-electron chi connectivity index (χ1n) is 9.82. The Hall–Kier alpha value is -3.59. The molecular formula is C24H25N3O3. The number of fused-ring (bicyclic) bond motifs is 1. The zero-order valence-electron chi connectivity index (χ0n) is 17.4. The van der Waals surface area contributed by atoms with Gasteiger partial charge in [-0.05, 0) is 74.2 Å². The van der Waals surface area contributed by atoms with Crippen LogP contribution in [0.4, 0.5) is 10.5 Å². The number of carbonyl (C=O) groups is 2. The van der Waals surface area contributed by atoms with E-state index in [-0.39, 0.29) is 12.0 Å². The second-order valence-corrected chi connectivity index (χ2v) is 8.20. The SMILES string of the molecule is CC(C)(C)OC(=O)N1CCc2ccc(C=CC(=O)Nc3cccc(C#N)c3)cc2C1. The fourth-order valence-corrected chi connectivity index (χ4v) is 3.19. The van der Waals surface area contributed by atoms with E-state index in [2.05, 4.69) is 5.32 Å². The summed E-state index contributed by atoms with van der Waals surface area (Å²) in [6.07, 6.45) is 3.65.